The summed E-state index contributed by atoms with van der Waals surface area (Å²) in [4.78, 5) is 33.1. The highest BCUT2D eigenvalue weighted by Gasteiger charge is 2.49. The number of para-hydroxylation sites is 1. The average Bonchev–Trinajstić information content (AvgIpc) is 3.45. The van der Waals surface area contributed by atoms with E-state index in [0.717, 1.165) is 27.8 Å². The summed E-state index contributed by atoms with van der Waals surface area (Å²) < 4.78 is 12.1. The molecule has 4 aromatic rings. The first-order chi connectivity index (χ1) is 17.9. The van der Waals surface area contributed by atoms with E-state index in [9.17, 15) is 14.7 Å². The van der Waals surface area contributed by atoms with Crippen molar-refractivity contribution in [2.24, 2.45) is 0 Å². The molecule has 0 bridgehead atoms. The van der Waals surface area contributed by atoms with Crippen molar-refractivity contribution in [3.8, 4) is 11.5 Å². The van der Waals surface area contributed by atoms with Crippen LogP contribution in [0.2, 0.25) is 0 Å². The Morgan fingerprint density at radius 2 is 1.81 bits per heavy atom. The number of aliphatic hydroxyl groups excluding tert-OH is 1. The number of carbonyl (C=O) groups excluding carboxylic acids is 2. The number of nitrogens with zero attached hydrogens (tertiary/aromatic N) is 2. The number of hydrogen-bond donors (Lipinski definition) is 1. The zero-order chi connectivity index (χ0) is 26.3. The summed E-state index contributed by atoms with van der Waals surface area (Å²) in [5.74, 6) is -1.01. The fraction of sp³-hybridized carbons (Fsp3) is 0.207. The maximum absolute atomic E-state index is 13.6. The molecule has 0 aliphatic carbocycles. The Morgan fingerprint density at radius 3 is 2.49 bits per heavy atom. The van der Waals surface area contributed by atoms with E-state index in [2.05, 4.69) is 6.92 Å². The van der Waals surface area contributed by atoms with Crippen molar-refractivity contribution in [3.05, 3.63) is 88.5 Å². The third-order valence-corrected chi connectivity index (χ3v) is 7.57. The van der Waals surface area contributed by atoms with E-state index < -0.39 is 17.7 Å². The maximum Gasteiger partial charge on any atom is 0.301 e. The van der Waals surface area contributed by atoms with E-state index in [0.29, 0.717) is 27.8 Å². The van der Waals surface area contributed by atoms with Crippen LogP contribution >= 0.6 is 11.3 Å². The molecule has 0 radical (unpaired) electrons. The Balaban J connectivity index is 1.77. The normalized spacial score (nSPS) is 17.0. The molecule has 1 atom stereocenters. The highest BCUT2D eigenvalue weighted by Crippen LogP contribution is 2.48. The predicted molar refractivity (Wildman–Crippen MR) is 145 cm³/mol. The number of ketones is 1. The fourth-order valence-electron chi connectivity index (χ4n) is 4.60. The Labute approximate surface area is 218 Å². The van der Waals surface area contributed by atoms with E-state index in [4.69, 9.17) is 14.5 Å². The molecule has 0 spiro atoms. The number of aromatic nitrogens is 1. The van der Waals surface area contributed by atoms with Gasteiger partial charge in [0.05, 0.1) is 30.0 Å². The van der Waals surface area contributed by atoms with Gasteiger partial charge in [0.2, 0.25) is 0 Å². The monoisotopic (exact) mass is 514 g/mol. The molecule has 1 aromatic heterocycles. The Hall–Kier alpha value is -4.17. The molecule has 5 rings (SSSR count). The van der Waals surface area contributed by atoms with Crippen LogP contribution < -0.4 is 14.4 Å². The molecule has 2 heterocycles. The van der Waals surface area contributed by atoms with Crippen LogP contribution in [0.1, 0.15) is 35.2 Å². The van der Waals surface area contributed by atoms with Crippen molar-refractivity contribution >= 4 is 44.1 Å². The van der Waals surface area contributed by atoms with Gasteiger partial charge in [-0.3, -0.25) is 14.5 Å². The van der Waals surface area contributed by atoms with Gasteiger partial charge in [-0.2, -0.15) is 0 Å². The highest BCUT2D eigenvalue weighted by molar-refractivity contribution is 7.22. The van der Waals surface area contributed by atoms with Gasteiger partial charge in [-0.25, -0.2) is 4.98 Å². The number of thiazole rings is 1. The zero-order valence-corrected chi connectivity index (χ0v) is 21.8. The minimum Gasteiger partial charge on any atom is -0.507 e. The van der Waals surface area contributed by atoms with E-state index in [1.54, 1.807) is 30.3 Å². The van der Waals surface area contributed by atoms with Gasteiger partial charge in [0.25, 0.3) is 5.78 Å². The number of Topliss-reactive ketones (excluding diaryl/α,β-unsaturated/α-hetero) is 1. The van der Waals surface area contributed by atoms with E-state index in [1.807, 2.05) is 37.3 Å². The van der Waals surface area contributed by atoms with Crippen LogP contribution in [-0.2, 0) is 16.0 Å². The summed E-state index contributed by atoms with van der Waals surface area (Å²) >= 11 is 1.33. The van der Waals surface area contributed by atoms with Gasteiger partial charge in [-0.15, -0.1) is 0 Å². The Kier molecular flexibility index (Phi) is 6.43. The number of benzene rings is 3. The van der Waals surface area contributed by atoms with Gasteiger partial charge in [0.15, 0.2) is 16.6 Å². The number of hydrogen-bond acceptors (Lipinski definition) is 7. The molecule has 1 amide bonds. The van der Waals surface area contributed by atoms with Crippen LogP contribution in [0.5, 0.6) is 11.5 Å². The maximum atomic E-state index is 13.6. The minimum atomic E-state index is -0.974. The minimum absolute atomic E-state index is 0.0334. The van der Waals surface area contributed by atoms with E-state index in [-0.39, 0.29) is 11.3 Å². The summed E-state index contributed by atoms with van der Waals surface area (Å²) in [6.45, 7) is 4.00. The van der Waals surface area contributed by atoms with Gasteiger partial charge in [-0.1, -0.05) is 66.3 Å². The summed E-state index contributed by atoms with van der Waals surface area (Å²) in [6.07, 6.45) is 0.866. The molecular weight excluding hydrogens is 488 g/mol. The van der Waals surface area contributed by atoms with Crippen LogP contribution in [-0.4, -0.2) is 36.0 Å². The highest BCUT2D eigenvalue weighted by atomic mass is 32.1. The number of ether oxygens (including phenoxy) is 2. The zero-order valence-electron chi connectivity index (χ0n) is 20.9. The first-order valence-electron chi connectivity index (χ1n) is 11.9. The van der Waals surface area contributed by atoms with Gasteiger partial charge in [-0.05, 0) is 37.1 Å². The second-order valence-corrected chi connectivity index (χ2v) is 9.78. The number of carbonyl (C=O) groups is 2. The van der Waals surface area contributed by atoms with Gasteiger partial charge in [0, 0.05) is 11.1 Å². The topological polar surface area (TPSA) is 89.0 Å². The van der Waals surface area contributed by atoms with Crippen LogP contribution in [0, 0.1) is 6.92 Å². The van der Waals surface area contributed by atoms with Crippen LogP contribution in [0.25, 0.3) is 16.0 Å². The molecule has 1 N–H and O–H groups in total. The second kappa shape index (κ2) is 9.71. The number of methoxy groups -OCH3 is 2. The number of fused-ring (bicyclic) bond motifs is 1. The number of anilines is 1. The van der Waals surface area contributed by atoms with Gasteiger partial charge < -0.3 is 14.6 Å². The number of aryl methyl sites for hydroxylation is 2. The molecule has 188 valence electrons. The molecule has 37 heavy (non-hydrogen) atoms. The molecule has 0 unspecified atom stereocenters. The molecule has 1 aliphatic rings. The lowest BCUT2D eigenvalue weighted by atomic mass is 9.94. The van der Waals surface area contributed by atoms with Gasteiger partial charge in [0.1, 0.15) is 11.8 Å². The molecule has 1 saturated heterocycles. The number of amides is 1. The van der Waals surface area contributed by atoms with Crippen molar-refractivity contribution in [1.82, 2.24) is 4.98 Å². The predicted octanol–water partition coefficient (Wildman–Crippen LogP) is 5.81. The molecule has 3 aromatic carbocycles. The van der Waals surface area contributed by atoms with Crippen LogP contribution in [0.15, 0.2) is 66.2 Å². The van der Waals surface area contributed by atoms with Crippen molar-refractivity contribution in [3.63, 3.8) is 0 Å². The van der Waals surface area contributed by atoms with Crippen molar-refractivity contribution < 1.29 is 24.2 Å². The lowest BCUT2D eigenvalue weighted by molar-refractivity contribution is -0.132. The second-order valence-electron chi connectivity index (χ2n) is 8.77. The standard InChI is InChI=1S/C29H26N2O5S/c1-5-17-11-14-20-22(15-17)37-29(30-20)31-24(19-7-6-8-21(35-3)27(19)36-4)23(26(33)28(31)34)25(32)18-12-9-16(2)10-13-18/h6-15,24,32H,5H2,1-4H3/t24-/m0/s1. The summed E-state index contributed by atoms with van der Waals surface area (Å²) in [7, 11) is 3.02. The van der Waals surface area contributed by atoms with E-state index >= 15 is 0 Å². The summed E-state index contributed by atoms with van der Waals surface area (Å²) in [5.41, 5.74) is 3.79. The summed E-state index contributed by atoms with van der Waals surface area (Å²) in [5, 5.41) is 11.7. The molecule has 1 fully saturated rings. The lowest BCUT2D eigenvalue weighted by Gasteiger charge is -2.25. The third-order valence-electron chi connectivity index (χ3n) is 6.55. The largest absolute Gasteiger partial charge is 0.507 e. The van der Waals surface area contributed by atoms with Crippen LogP contribution in [0.4, 0.5) is 5.13 Å². The summed E-state index contributed by atoms with van der Waals surface area (Å²) in [6, 6.07) is 17.4. The average molecular weight is 515 g/mol. The van der Waals surface area contributed by atoms with Crippen molar-refractivity contribution in [1.29, 1.82) is 0 Å². The first kappa shape index (κ1) is 24.5. The molecule has 1 aliphatic heterocycles. The molecule has 7 nitrogen and oxygen atoms in total. The number of rotatable bonds is 6. The smallest absolute Gasteiger partial charge is 0.301 e. The molecule has 0 saturated carbocycles. The van der Waals surface area contributed by atoms with Crippen LogP contribution in [0.3, 0.4) is 0 Å². The third kappa shape index (κ3) is 4.13. The quantitative estimate of drug-likeness (QED) is 0.198. The Bertz CT molecular complexity index is 1550. The molecular formula is C29H26N2O5S. The molecule has 8 heteroatoms. The lowest BCUT2D eigenvalue weighted by Crippen LogP contribution is -2.29. The fourth-order valence-corrected chi connectivity index (χ4v) is 5.65. The van der Waals surface area contributed by atoms with Gasteiger partial charge >= 0.3 is 5.91 Å². The Morgan fingerprint density at radius 1 is 1.05 bits per heavy atom. The van der Waals surface area contributed by atoms with E-state index in [1.165, 1.54) is 30.5 Å². The SMILES string of the molecule is CCc1ccc2nc(N3C(=O)C(=O)C(=C(O)c4ccc(C)cc4)[C@@H]3c3cccc(OC)c3OC)sc2c1. The van der Waals surface area contributed by atoms with Crippen molar-refractivity contribution in [2.45, 2.75) is 26.3 Å². The van der Waals surface area contributed by atoms with Crippen molar-refractivity contribution in [2.75, 3.05) is 19.1 Å². The first-order valence-corrected chi connectivity index (χ1v) is 12.7. The number of aliphatic hydroxyl groups is 1.